The molecule has 1 aliphatic heterocycles. The molecule has 2 aromatic heterocycles. The first-order chi connectivity index (χ1) is 23.5. The summed E-state index contributed by atoms with van der Waals surface area (Å²) in [7, 11) is 6.49. The molecule has 0 amide bonds. The van der Waals surface area contributed by atoms with Crippen LogP contribution in [0.1, 0.15) is 24.0 Å². The molecule has 0 aliphatic carbocycles. The Hall–Kier alpha value is -4.28. The number of halogens is 4. The van der Waals surface area contributed by atoms with Crippen LogP contribution >= 0.6 is 37.2 Å². The second kappa shape index (κ2) is 19.4. The molecule has 272 valence electrons. The Balaban J connectivity index is 0.00000234. The molecule has 1 fully saturated rings. The molecule has 6 rings (SSSR count). The van der Waals surface area contributed by atoms with Crippen molar-refractivity contribution in [3.63, 3.8) is 0 Å². The number of hydrogen-bond acceptors (Lipinski definition) is 8. The molecular formula is C39H44Cl3FN4O4. The van der Waals surface area contributed by atoms with Gasteiger partial charge in [0.15, 0.2) is 11.5 Å². The monoisotopic (exact) mass is 756 g/mol. The van der Waals surface area contributed by atoms with Crippen LogP contribution in [0.3, 0.4) is 0 Å². The summed E-state index contributed by atoms with van der Waals surface area (Å²) in [4.78, 5) is 14.1. The summed E-state index contributed by atoms with van der Waals surface area (Å²) < 4.78 is 36.1. The minimum atomic E-state index is -0.245. The highest BCUT2D eigenvalue weighted by molar-refractivity contribution is 5.86. The summed E-state index contributed by atoms with van der Waals surface area (Å²) in [5.74, 6) is 2.28. The molecule has 3 heterocycles. The Kier molecular flexibility index (Phi) is 15.6. The molecule has 0 spiro atoms. The van der Waals surface area contributed by atoms with Crippen LogP contribution in [0.5, 0.6) is 23.0 Å². The van der Waals surface area contributed by atoms with Gasteiger partial charge in [-0.05, 0) is 96.3 Å². The van der Waals surface area contributed by atoms with Gasteiger partial charge in [0.05, 0.1) is 34.1 Å². The number of nitrogens with zero attached hydrogens (tertiary/aromatic N) is 4. The van der Waals surface area contributed by atoms with E-state index >= 15 is 0 Å². The second-order valence-corrected chi connectivity index (χ2v) is 11.9. The zero-order valence-electron chi connectivity index (χ0n) is 29.1. The van der Waals surface area contributed by atoms with Crippen molar-refractivity contribution in [2.45, 2.75) is 32.0 Å². The topological polar surface area (TPSA) is 69.2 Å². The van der Waals surface area contributed by atoms with Crippen LogP contribution in [-0.4, -0.2) is 62.4 Å². The molecule has 5 aromatic rings. The molecule has 1 saturated heterocycles. The maximum absolute atomic E-state index is 14.0. The van der Waals surface area contributed by atoms with Crippen LogP contribution < -0.4 is 23.8 Å². The zero-order valence-corrected chi connectivity index (χ0v) is 31.5. The number of aromatic nitrogens is 2. The van der Waals surface area contributed by atoms with Gasteiger partial charge in [0.2, 0.25) is 5.75 Å². The number of pyridine rings is 2. The van der Waals surface area contributed by atoms with E-state index in [-0.39, 0.29) is 49.1 Å². The largest absolute Gasteiger partial charge is 0.497 e. The molecule has 51 heavy (non-hydrogen) atoms. The number of hydrogen-bond donors (Lipinski definition) is 0. The Morgan fingerprint density at radius 1 is 0.725 bits per heavy atom. The van der Waals surface area contributed by atoms with Gasteiger partial charge in [0.25, 0.3) is 0 Å². The lowest BCUT2D eigenvalue weighted by Gasteiger charge is -2.40. The fourth-order valence-electron chi connectivity index (χ4n) is 6.40. The summed E-state index contributed by atoms with van der Waals surface area (Å²) in [5.41, 5.74) is 7.09. The number of anilines is 1. The highest BCUT2D eigenvalue weighted by atomic mass is 35.5. The highest BCUT2D eigenvalue weighted by Crippen LogP contribution is 2.41. The van der Waals surface area contributed by atoms with E-state index in [0.717, 1.165) is 71.9 Å². The SMILES string of the molecule is COc1cccc(-c2cc(CN3CCC(N(Cc4cncc(-c5cc(OC)c(OC)c(OC)c5)c4)c4ccc(F)cc4)CC3)ccn2)c1.Cl.Cl.Cl. The van der Waals surface area contributed by atoms with Crippen LogP contribution in [0.4, 0.5) is 10.1 Å². The Morgan fingerprint density at radius 2 is 1.43 bits per heavy atom. The summed E-state index contributed by atoms with van der Waals surface area (Å²) in [6, 6.07) is 25.3. The van der Waals surface area contributed by atoms with Gasteiger partial charge in [0, 0.05) is 67.6 Å². The summed E-state index contributed by atoms with van der Waals surface area (Å²) in [6.45, 7) is 3.38. The van der Waals surface area contributed by atoms with Gasteiger partial charge >= 0.3 is 0 Å². The van der Waals surface area contributed by atoms with Gasteiger partial charge in [-0.25, -0.2) is 4.39 Å². The van der Waals surface area contributed by atoms with Gasteiger partial charge in [-0.15, -0.1) is 37.2 Å². The van der Waals surface area contributed by atoms with Gasteiger partial charge in [-0.2, -0.15) is 0 Å². The average Bonchev–Trinajstić information content (AvgIpc) is 3.14. The number of rotatable bonds is 12. The van der Waals surface area contributed by atoms with Gasteiger partial charge in [0.1, 0.15) is 11.6 Å². The van der Waals surface area contributed by atoms with Gasteiger partial charge in [-0.3, -0.25) is 14.9 Å². The number of methoxy groups -OCH3 is 4. The van der Waals surface area contributed by atoms with E-state index in [1.165, 1.54) is 17.7 Å². The van der Waals surface area contributed by atoms with E-state index < -0.39 is 0 Å². The normalized spacial score (nSPS) is 12.8. The average molecular weight is 758 g/mol. The molecule has 8 nitrogen and oxygen atoms in total. The third-order valence-electron chi connectivity index (χ3n) is 8.90. The summed E-state index contributed by atoms with van der Waals surface area (Å²) in [5, 5.41) is 0. The standard InChI is InChI=1S/C39H41FN4O4.3ClH/c1-45-35-7-5-6-29(20-35)36-19-27(12-15-42-36)25-43-16-13-34(14-17-43)44(33-10-8-32(40)9-11-33)26-28-18-31(24-41-23-28)30-21-37(46-2)39(48-4)38(22-30)47-3;;;/h5-12,15,18-24,34H,13-14,16-17,25-26H2,1-4H3;3*1H. The molecule has 1 aliphatic rings. The third-order valence-corrected chi connectivity index (χ3v) is 8.90. The van der Waals surface area contributed by atoms with E-state index in [0.29, 0.717) is 23.8 Å². The Bertz CT molecular complexity index is 1820. The van der Waals surface area contributed by atoms with Gasteiger partial charge in [-0.1, -0.05) is 12.1 Å². The smallest absolute Gasteiger partial charge is 0.203 e. The first-order valence-corrected chi connectivity index (χ1v) is 16.1. The quantitative estimate of drug-likeness (QED) is 0.125. The van der Waals surface area contributed by atoms with E-state index in [1.807, 2.05) is 61.1 Å². The Morgan fingerprint density at radius 3 is 2.08 bits per heavy atom. The molecule has 3 aromatic carbocycles. The number of piperidine rings is 1. The fraction of sp³-hybridized carbons (Fsp3) is 0.282. The van der Waals surface area contributed by atoms with E-state index in [2.05, 4.69) is 44.0 Å². The molecule has 0 N–H and O–H groups in total. The summed E-state index contributed by atoms with van der Waals surface area (Å²) in [6.07, 6.45) is 7.57. The third kappa shape index (κ3) is 9.95. The molecule has 0 bridgehead atoms. The van der Waals surface area contributed by atoms with Crippen molar-refractivity contribution >= 4 is 42.9 Å². The molecule has 0 radical (unpaired) electrons. The van der Waals surface area contributed by atoms with Crippen molar-refractivity contribution in [3.05, 3.63) is 114 Å². The van der Waals surface area contributed by atoms with Crippen molar-refractivity contribution in [2.24, 2.45) is 0 Å². The van der Waals surface area contributed by atoms with Crippen molar-refractivity contribution in [1.82, 2.24) is 14.9 Å². The minimum absolute atomic E-state index is 0. The lowest BCUT2D eigenvalue weighted by Crippen LogP contribution is -2.44. The maximum atomic E-state index is 14.0. The second-order valence-electron chi connectivity index (χ2n) is 11.9. The molecule has 0 unspecified atom stereocenters. The molecule has 12 heteroatoms. The van der Waals surface area contributed by atoms with Crippen LogP contribution in [0.2, 0.25) is 0 Å². The maximum Gasteiger partial charge on any atom is 0.203 e. The highest BCUT2D eigenvalue weighted by Gasteiger charge is 2.26. The first-order valence-electron chi connectivity index (χ1n) is 16.1. The van der Waals surface area contributed by atoms with Crippen molar-refractivity contribution in [1.29, 1.82) is 0 Å². The fourth-order valence-corrected chi connectivity index (χ4v) is 6.40. The molecule has 0 atom stereocenters. The van der Waals surface area contributed by atoms with Crippen LogP contribution in [0.25, 0.3) is 22.4 Å². The predicted molar refractivity (Wildman–Crippen MR) is 208 cm³/mol. The Labute approximate surface area is 318 Å². The first kappa shape index (κ1) is 41.1. The minimum Gasteiger partial charge on any atom is -0.497 e. The number of likely N-dealkylation sites (tertiary alicyclic amines) is 1. The lowest BCUT2D eigenvalue weighted by atomic mass is 9.99. The van der Waals surface area contributed by atoms with Crippen LogP contribution in [0, 0.1) is 5.82 Å². The lowest BCUT2D eigenvalue weighted by molar-refractivity contribution is 0.201. The van der Waals surface area contributed by atoms with Crippen LogP contribution in [0.15, 0.2) is 97.5 Å². The predicted octanol–water partition coefficient (Wildman–Crippen LogP) is 8.92. The van der Waals surface area contributed by atoms with E-state index in [9.17, 15) is 4.39 Å². The van der Waals surface area contributed by atoms with Crippen molar-refractivity contribution in [2.75, 3.05) is 46.4 Å². The molecular weight excluding hydrogens is 714 g/mol. The molecule has 0 saturated carbocycles. The summed E-state index contributed by atoms with van der Waals surface area (Å²) >= 11 is 0. The van der Waals surface area contributed by atoms with E-state index in [4.69, 9.17) is 18.9 Å². The van der Waals surface area contributed by atoms with Crippen LogP contribution in [-0.2, 0) is 13.1 Å². The number of ether oxygens (including phenoxy) is 4. The zero-order chi connectivity index (χ0) is 33.5. The number of benzene rings is 3. The van der Waals surface area contributed by atoms with Crippen molar-refractivity contribution in [3.8, 4) is 45.4 Å². The van der Waals surface area contributed by atoms with Gasteiger partial charge < -0.3 is 23.8 Å². The van der Waals surface area contributed by atoms with Crippen molar-refractivity contribution < 1.29 is 23.3 Å². The van der Waals surface area contributed by atoms with E-state index in [1.54, 1.807) is 28.4 Å².